The Morgan fingerprint density at radius 3 is 2.33 bits per heavy atom. The summed E-state index contributed by atoms with van der Waals surface area (Å²) in [5.41, 5.74) is 5.53. The number of rotatable bonds is 6. The molecule has 3 nitrogen and oxygen atoms in total. The molecule has 120 valence electrons. The van der Waals surface area contributed by atoms with Crippen molar-refractivity contribution in [3.8, 4) is 5.75 Å². The van der Waals surface area contributed by atoms with Gasteiger partial charge < -0.3 is 15.6 Å². The molecular weight excluding hydrogens is 283 g/mol. The summed E-state index contributed by atoms with van der Waals surface area (Å²) in [6.45, 7) is 4.05. The van der Waals surface area contributed by atoms with Crippen molar-refractivity contribution < 1.29 is 23.0 Å². The molecule has 0 heterocycles. The maximum absolute atomic E-state index is 12.7. The van der Waals surface area contributed by atoms with Crippen molar-refractivity contribution >= 4 is 0 Å². The fraction of sp³-hybridized carbons (Fsp3) is 0.600. The van der Waals surface area contributed by atoms with Gasteiger partial charge in [-0.1, -0.05) is 19.9 Å². The highest BCUT2D eigenvalue weighted by Crippen LogP contribution is 2.35. The molecule has 0 aliphatic carbocycles. The van der Waals surface area contributed by atoms with Crippen LogP contribution in [0.2, 0.25) is 0 Å². The predicted molar refractivity (Wildman–Crippen MR) is 75.0 cm³/mol. The van der Waals surface area contributed by atoms with Gasteiger partial charge in [-0.15, -0.1) is 0 Å². The maximum atomic E-state index is 12.7. The maximum Gasteiger partial charge on any atom is 0.416 e. The van der Waals surface area contributed by atoms with Crippen LogP contribution in [-0.2, 0) is 6.18 Å². The molecule has 6 heteroatoms. The molecule has 0 bridgehead atoms. The third kappa shape index (κ3) is 4.89. The largest absolute Gasteiger partial charge is 0.496 e. The second-order valence-electron chi connectivity index (χ2n) is 5.52. The molecule has 1 aromatic rings. The van der Waals surface area contributed by atoms with E-state index < -0.39 is 23.9 Å². The highest BCUT2D eigenvalue weighted by molar-refractivity contribution is 5.41. The van der Waals surface area contributed by atoms with E-state index in [1.807, 2.05) is 13.8 Å². The van der Waals surface area contributed by atoms with Crippen LogP contribution in [-0.4, -0.2) is 18.3 Å². The molecule has 2 atom stereocenters. The highest BCUT2D eigenvalue weighted by Gasteiger charge is 2.32. The lowest BCUT2D eigenvalue weighted by atomic mass is 9.94. The minimum Gasteiger partial charge on any atom is -0.496 e. The van der Waals surface area contributed by atoms with Crippen LogP contribution in [0.3, 0.4) is 0 Å². The van der Waals surface area contributed by atoms with Gasteiger partial charge in [-0.2, -0.15) is 13.2 Å². The van der Waals surface area contributed by atoms with E-state index in [4.69, 9.17) is 10.5 Å². The van der Waals surface area contributed by atoms with Crippen molar-refractivity contribution in [3.05, 3.63) is 29.3 Å². The summed E-state index contributed by atoms with van der Waals surface area (Å²) in [6, 6.07) is 2.35. The molecule has 21 heavy (non-hydrogen) atoms. The SMILES string of the molecule is COc1cc(C(F)(F)F)ccc1[C@@H](N)[C@@H](O)CCC(C)C. The van der Waals surface area contributed by atoms with Crippen LogP contribution in [0, 0.1) is 5.92 Å². The highest BCUT2D eigenvalue weighted by atomic mass is 19.4. The summed E-state index contributed by atoms with van der Waals surface area (Å²) >= 11 is 0. The number of halogens is 3. The topological polar surface area (TPSA) is 55.5 Å². The molecule has 1 aromatic carbocycles. The smallest absolute Gasteiger partial charge is 0.416 e. The average Bonchev–Trinajstić information content (AvgIpc) is 2.42. The molecule has 0 unspecified atom stereocenters. The molecule has 3 N–H and O–H groups in total. The Labute approximate surface area is 122 Å². The van der Waals surface area contributed by atoms with Gasteiger partial charge in [0.05, 0.1) is 24.8 Å². The minimum atomic E-state index is -4.44. The van der Waals surface area contributed by atoms with E-state index >= 15 is 0 Å². The van der Waals surface area contributed by atoms with Crippen LogP contribution < -0.4 is 10.5 Å². The van der Waals surface area contributed by atoms with Gasteiger partial charge in [-0.05, 0) is 30.9 Å². The zero-order chi connectivity index (χ0) is 16.2. The van der Waals surface area contributed by atoms with E-state index in [0.717, 1.165) is 18.6 Å². The second kappa shape index (κ2) is 7.13. The van der Waals surface area contributed by atoms with E-state index in [0.29, 0.717) is 17.9 Å². The summed E-state index contributed by atoms with van der Waals surface area (Å²) in [4.78, 5) is 0. The molecule has 0 saturated carbocycles. The Morgan fingerprint density at radius 1 is 1.24 bits per heavy atom. The first-order valence-electron chi connectivity index (χ1n) is 6.85. The van der Waals surface area contributed by atoms with Crippen molar-refractivity contribution in [2.75, 3.05) is 7.11 Å². The number of aliphatic hydroxyl groups is 1. The Hall–Kier alpha value is -1.27. The lowest BCUT2D eigenvalue weighted by Crippen LogP contribution is -2.27. The first kappa shape index (κ1) is 17.8. The van der Waals surface area contributed by atoms with Crippen molar-refractivity contribution in [2.24, 2.45) is 11.7 Å². The van der Waals surface area contributed by atoms with E-state index in [-0.39, 0.29) is 5.75 Å². The molecule has 0 aromatic heterocycles. The number of methoxy groups -OCH3 is 1. The summed E-state index contributed by atoms with van der Waals surface area (Å²) < 4.78 is 43.0. The van der Waals surface area contributed by atoms with Gasteiger partial charge >= 0.3 is 6.18 Å². The third-order valence-corrected chi connectivity index (χ3v) is 3.37. The first-order valence-corrected chi connectivity index (χ1v) is 6.85. The lowest BCUT2D eigenvalue weighted by Gasteiger charge is -2.22. The number of alkyl halides is 3. The van der Waals surface area contributed by atoms with Gasteiger partial charge in [0.1, 0.15) is 5.75 Å². The molecule has 0 radical (unpaired) electrons. The summed E-state index contributed by atoms with van der Waals surface area (Å²) in [7, 11) is 1.28. The van der Waals surface area contributed by atoms with Crippen LogP contribution in [0.4, 0.5) is 13.2 Å². The number of aliphatic hydroxyl groups excluding tert-OH is 1. The molecule has 0 aliphatic heterocycles. The van der Waals surface area contributed by atoms with E-state index in [1.165, 1.54) is 13.2 Å². The minimum absolute atomic E-state index is 0.0425. The standard InChI is InChI=1S/C15H22F3NO2/c1-9(2)4-7-12(20)14(19)11-6-5-10(15(16,17)18)8-13(11)21-3/h5-6,8-9,12,14,20H,4,7,19H2,1-3H3/t12-,14+/m0/s1. The van der Waals surface area contributed by atoms with E-state index in [2.05, 4.69) is 0 Å². The van der Waals surface area contributed by atoms with Gasteiger partial charge in [0.25, 0.3) is 0 Å². The van der Waals surface area contributed by atoms with Gasteiger partial charge in [0, 0.05) is 5.56 Å². The van der Waals surface area contributed by atoms with Gasteiger partial charge in [-0.25, -0.2) is 0 Å². The Balaban J connectivity index is 2.96. The van der Waals surface area contributed by atoms with Crippen molar-refractivity contribution in [2.45, 2.75) is 45.0 Å². The molecule has 0 spiro atoms. The van der Waals surface area contributed by atoms with Crippen LogP contribution >= 0.6 is 0 Å². The summed E-state index contributed by atoms with van der Waals surface area (Å²) in [5, 5.41) is 10.1. The summed E-state index contributed by atoms with van der Waals surface area (Å²) in [6.07, 6.45) is -3.98. The quantitative estimate of drug-likeness (QED) is 0.845. The Kier molecular flexibility index (Phi) is 6.04. The van der Waals surface area contributed by atoms with Crippen LogP contribution in [0.25, 0.3) is 0 Å². The fourth-order valence-corrected chi connectivity index (χ4v) is 2.05. The zero-order valence-corrected chi connectivity index (χ0v) is 12.4. The second-order valence-corrected chi connectivity index (χ2v) is 5.52. The van der Waals surface area contributed by atoms with E-state index in [9.17, 15) is 18.3 Å². The monoisotopic (exact) mass is 305 g/mol. The first-order chi connectivity index (χ1) is 9.66. The van der Waals surface area contributed by atoms with Crippen LogP contribution in [0.15, 0.2) is 18.2 Å². The van der Waals surface area contributed by atoms with Gasteiger partial charge in [0.15, 0.2) is 0 Å². The number of ether oxygens (including phenoxy) is 1. The zero-order valence-electron chi connectivity index (χ0n) is 12.4. The van der Waals surface area contributed by atoms with Crippen LogP contribution in [0.1, 0.15) is 43.9 Å². The Bertz CT molecular complexity index is 461. The van der Waals surface area contributed by atoms with Crippen molar-refractivity contribution in [1.29, 1.82) is 0 Å². The lowest BCUT2D eigenvalue weighted by molar-refractivity contribution is -0.137. The Morgan fingerprint density at radius 2 is 1.86 bits per heavy atom. The van der Waals surface area contributed by atoms with E-state index in [1.54, 1.807) is 0 Å². The molecular formula is C15H22F3NO2. The molecule has 0 saturated heterocycles. The normalized spacial score (nSPS) is 15.1. The molecule has 0 amide bonds. The van der Waals surface area contributed by atoms with Crippen molar-refractivity contribution in [1.82, 2.24) is 0 Å². The van der Waals surface area contributed by atoms with Crippen LogP contribution in [0.5, 0.6) is 5.75 Å². The third-order valence-electron chi connectivity index (χ3n) is 3.37. The fourth-order valence-electron chi connectivity index (χ4n) is 2.05. The summed E-state index contributed by atoms with van der Waals surface area (Å²) in [5.74, 6) is 0.460. The number of nitrogens with two attached hydrogens (primary N) is 1. The van der Waals surface area contributed by atoms with Gasteiger partial charge in [-0.3, -0.25) is 0 Å². The molecule has 0 aliphatic rings. The number of hydrogen-bond acceptors (Lipinski definition) is 3. The number of benzene rings is 1. The van der Waals surface area contributed by atoms with Gasteiger partial charge in [0.2, 0.25) is 0 Å². The molecule has 1 rings (SSSR count). The predicted octanol–water partition coefficient (Wildman–Crippen LogP) is 3.51. The molecule has 0 fully saturated rings. The average molecular weight is 305 g/mol. The number of hydrogen-bond donors (Lipinski definition) is 2. The van der Waals surface area contributed by atoms with Crippen molar-refractivity contribution in [3.63, 3.8) is 0 Å².